The van der Waals surface area contributed by atoms with E-state index in [9.17, 15) is 4.79 Å². The third-order valence-electron chi connectivity index (χ3n) is 4.97. The lowest BCUT2D eigenvalue weighted by Gasteiger charge is -2.35. The van der Waals surface area contributed by atoms with Gasteiger partial charge in [0.25, 0.3) is 0 Å². The number of hydrogen-bond acceptors (Lipinski definition) is 3. The van der Waals surface area contributed by atoms with E-state index in [1.54, 1.807) is 0 Å². The van der Waals surface area contributed by atoms with Gasteiger partial charge in [0.15, 0.2) is 0 Å². The lowest BCUT2D eigenvalue weighted by atomic mass is 9.95. The molecule has 1 amide bonds. The van der Waals surface area contributed by atoms with Crippen molar-refractivity contribution in [3.8, 4) is 0 Å². The molecule has 0 aromatic heterocycles. The van der Waals surface area contributed by atoms with Gasteiger partial charge in [0.2, 0.25) is 5.91 Å². The predicted octanol–water partition coefficient (Wildman–Crippen LogP) is 1.85. The molecule has 4 nitrogen and oxygen atoms in total. The molecular formula is C16H31N3O. The average Bonchev–Trinajstić information content (AvgIpc) is 2.46. The molecule has 116 valence electrons. The number of amides is 1. The number of likely N-dealkylation sites (tertiary alicyclic amines) is 1. The summed E-state index contributed by atoms with van der Waals surface area (Å²) < 4.78 is 0. The molecule has 2 aliphatic rings. The lowest BCUT2D eigenvalue weighted by Crippen LogP contribution is -2.43. The smallest absolute Gasteiger partial charge is 0.221 e. The zero-order valence-corrected chi connectivity index (χ0v) is 13.2. The fraction of sp³-hybridized carbons (Fsp3) is 0.938. The van der Waals surface area contributed by atoms with Gasteiger partial charge in [-0.2, -0.15) is 0 Å². The summed E-state index contributed by atoms with van der Waals surface area (Å²) in [5, 5.41) is 3.21. The Balaban J connectivity index is 1.62. The van der Waals surface area contributed by atoms with Crippen molar-refractivity contribution in [1.82, 2.24) is 15.1 Å². The van der Waals surface area contributed by atoms with Gasteiger partial charge in [0.1, 0.15) is 0 Å². The maximum absolute atomic E-state index is 12.0. The molecule has 0 bridgehead atoms. The summed E-state index contributed by atoms with van der Waals surface area (Å²) >= 11 is 0. The van der Waals surface area contributed by atoms with Crippen molar-refractivity contribution in [2.75, 3.05) is 33.7 Å². The SMILES string of the molecule is CN1CCC(N(C)CCC(=O)NC2CCCCC2)CC1. The molecular weight excluding hydrogens is 250 g/mol. The topological polar surface area (TPSA) is 35.6 Å². The molecule has 0 spiro atoms. The van der Waals surface area contributed by atoms with Crippen molar-refractivity contribution >= 4 is 5.91 Å². The van der Waals surface area contributed by atoms with E-state index in [0.717, 1.165) is 6.54 Å². The Kier molecular flexibility index (Phi) is 6.30. The molecule has 1 aliphatic carbocycles. The van der Waals surface area contributed by atoms with Crippen LogP contribution in [0.5, 0.6) is 0 Å². The summed E-state index contributed by atoms with van der Waals surface area (Å²) in [7, 11) is 4.36. The van der Waals surface area contributed by atoms with E-state index < -0.39 is 0 Å². The standard InChI is InChI=1S/C16H31N3O/c1-18-11-8-15(9-12-18)19(2)13-10-16(20)17-14-6-4-3-5-7-14/h14-15H,3-13H2,1-2H3,(H,17,20). The second kappa shape index (κ2) is 7.99. The second-order valence-electron chi connectivity index (χ2n) is 6.67. The van der Waals surface area contributed by atoms with E-state index in [2.05, 4.69) is 29.2 Å². The Bertz CT molecular complexity index is 294. The maximum Gasteiger partial charge on any atom is 0.221 e. The molecule has 4 heteroatoms. The van der Waals surface area contributed by atoms with Crippen LogP contribution in [0.15, 0.2) is 0 Å². The molecule has 0 atom stereocenters. The summed E-state index contributed by atoms with van der Waals surface area (Å²) in [6.45, 7) is 3.26. The zero-order chi connectivity index (χ0) is 14.4. The quantitative estimate of drug-likeness (QED) is 0.835. The molecule has 0 aromatic carbocycles. The van der Waals surface area contributed by atoms with Crippen LogP contribution < -0.4 is 5.32 Å². The van der Waals surface area contributed by atoms with E-state index in [4.69, 9.17) is 0 Å². The van der Waals surface area contributed by atoms with Crippen molar-refractivity contribution in [1.29, 1.82) is 0 Å². The number of rotatable bonds is 5. The van der Waals surface area contributed by atoms with Gasteiger partial charge in [-0.1, -0.05) is 19.3 Å². The Morgan fingerprint density at radius 1 is 1.15 bits per heavy atom. The first kappa shape index (κ1) is 15.8. The van der Waals surface area contributed by atoms with Crippen molar-refractivity contribution in [2.24, 2.45) is 0 Å². The minimum atomic E-state index is 0.247. The van der Waals surface area contributed by atoms with Crippen LogP contribution in [-0.4, -0.2) is 61.5 Å². The second-order valence-corrected chi connectivity index (χ2v) is 6.67. The van der Waals surface area contributed by atoms with E-state index in [-0.39, 0.29) is 5.91 Å². The van der Waals surface area contributed by atoms with Crippen LogP contribution in [0.2, 0.25) is 0 Å². The van der Waals surface area contributed by atoms with Crippen molar-refractivity contribution < 1.29 is 4.79 Å². The summed E-state index contributed by atoms with van der Waals surface area (Å²) in [6, 6.07) is 1.11. The Morgan fingerprint density at radius 3 is 2.45 bits per heavy atom. The highest BCUT2D eigenvalue weighted by Gasteiger charge is 2.21. The number of carbonyl (C=O) groups excluding carboxylic acids is 1. The fourth-order valence-electron chi connectivity index (χ4n) is 3.44. The van der Waals surface area contributed by atoms with Crippen LogP contribution in [0.1, 0.15) is 51.4 Å². The monoisotopic (exact) mass is 281 g/mol. The number of hydrogen-bond donors (Lipinski definition) is 1. The third-order valence-corrected chi connectivity index (χ3v) is 4.97. The predicted molar refractivity (Wildman–Crippen MR) is 82.8 cm³/mol. The first-order chi connectivity index (χ1) is 9.65. The van der Waals surface area contributed by atoms with Crippen molar-refractivity contribution in [3.05, 3.63) is 0 Å². The van der Waals surface area contributed by atoms with E-state index in [1.165, 1.54) is 58.0 Å². The van der Waals surface area contributed by atoms with Gasteiger partial charge >= 0.3 is 0 Å². The van der Waals surface area contributed by atoms with Gasteiger partial charge in [0.05, 0.1) is 0 Å². The van der Waals surface area contributed by atoms with Crippen LogP contribution in [0, 0.1) is 0 Å². The summed E-state index contributed by atoms with van der Waals surface area (Å²) in [4.78, 5) is 16.8. The molecule has 2 fully saturated rings. The molecule has 2 rings (SSSR count). The normalized spacial score (nSPS) is 23.1. The Morgan fingerprint density at radius 2 is 1.80 bits per heavy atom. The first-order valence-corrected chi connectivity index (χ1v) is 8.33. The van der Waals surface area contributed by atoms with Crippen LogP contribution in [-0.2, 0) is 4.79 Å². The number of carbonyl (C=O) groups is 1. The van der Waals surface area contributed by atoms with Crippen molar-refractivity contribution in [2.45, 2.75) is 63.5 Å². The average molecular weight is 281 g/mol. The Hall–Kier alpha value is -0.610. The van der Waals surface area contributed by atoms with E-state index >= 15 is 0 Å². The molecule has 1 saturated carbocycles. The molecule has 1 aliphatic heterocycles. The molecule has 1 N–H and O–H groups in total. The molecule has 0 radical (unpaired) electrons. The highest BCUT2D eigenvalue weighted by atomic mass is 16.1. The summed E-state index contributed by atoms with van der Waals surface area (Å²) in [6.07, 6.45) is 9.37. The van der Waals surface area contributed by atoms with E-state index in [0.29, 0.717) is 18.5 Å². The van der Waals surface area contributed by atoms with Gasteiger partial charge in [-0.3, -0.25) is 4.79 Å². The van der Waals surface area contributed by atoms with E-state index in [1.807, 2.05) is 0 Å². The molecule has 0 unspecified atom stereocenters. The molecule has 1 heterocycles. The number of piperidine rings is 1. The third kappa shape index (κ3) is 5.06. The molecule has 1 saturated heterocycles. The minimum absolute atomic E-state index is 0.247. The first-order valence-electron chi connectivity index (χ1n) is 8.33. The fourth-order valence-corrected chi connectivity index (χ4v) is 3.44. The van der Waals surface area contributed by atoms with Crippen LogP contribution >= 0.6 is 0 Å². The van der Waals surface area contributed by atoms with Crippen LogP contribution in [0.25, 0.3) is 0 Å². The largest absolute Gasteiger partial charge is 0.353 e. The van der Waals surface area contributed by atoms with Gasteiger partial charge < -0.3 is 15.1 Å². The highest BCUT2D eigenvalue weighted by molar-refractivity contribution is 5.76. The zero-order valence-electron chi connectivity index (χ0n) is 13.2. The van der Waals surface area contributed by atoms with Gasteiger partial charge in [-0.15, -0.1) is 0 Å². The molecule has 0 aromatic rings. The van der Waals surface area contributed by atoms with Crippen LogP contribution in [0.3, 0.4) is 0 Å². The lowest BCUT2D eigenvalue weighted by molar-refractivity contribution is -0.122. The summed E-state index contributed by atoms with van der Waals surface area (Å²) in [5.41, 5.74) is 0. The van der Waals surface area contributed by atoms with Gasteiger partial charge in [-0.25, -0.2) is 0 Å². The van der Waals surface area contributed by atoms with Gasteiger partial charge in [0, 0.05) is 25.0 Å². The summed E-state index contributed by atoms with van der Waals surface area (Å²) in [5.74, 6) is 0.247. The Labute approximate surface area is 123 Å². The highest BCUT2D eigenvalue weighted by Crippen LogP contribution is 2.18. The molecule has 20 heavy (non-hydrogen) atoms. The van der Waals surface area contributed by atoms with Crippen molar-refractivity contribution in [3.63, 3.8) is 0 Å². The number of nitrogens with zero attached hydrogens (tertiary/aromatic N) is 2. The minimum Gasteiger partial charge on any atom is -0.353 e. The van der Waals surface area contributed by atoms with Gasteiger partial charge in [-0.05, 0) is 52.9 Å². The maximum atomic E-state index is 12.0. The van der Waals surface area contributed by atoms with Crippen LogP contribution in [0.4, 0.5) is 0 Å². The number of nitrogens with one attached hydrogen (secondary N) is 1.